The van der Waals surface area contributed by atoms with Gasteiger partial charge in [0.2, 0.25) is 0 Å². The molecule has 1 aromatic heterocycles. The third kappa shape index (κ3) is 6.13. The third-order valence-corrected chi connectivity index (χ3v) is 2.49. The van der Waals surface area contributed by atoms with Crippen molar-refractivity contribution in [2.45, 2.75) is 39.8 Å². The molecule has 0 aliphatic heterocycles. The van der Waals surface area contributed by atoms with Gasteiger partial charge in [-0.25, -0.2) is 9.97 Å². The fraction of sp³-hybridized carbons (Fsp3) is 0.583. The van der Waals surface area contributed by atoms with E-state index in [0.717, 1.165) is 23.9 Å². The van der Waals surface area contributed by atoms with Gasteiger partial charge in [-0.2, -0.15) is 0 Å². The lowest BCUT2D eigenvalue weighted by Gasteiger charge is -2.16. The Labute approximate surface area is 126 Å². The summed E-state index contributed by atoms with van der Waals surface area (Å²) in [5, 5.41) is 6.52. The molecule has 0 bridgehead atoms. The van der Waals surface area contributed by atoms with E-state index in [-0.39, 0.29) is 24.0 Å². The van der Waals surface area contributed by atoms with Crippen molar-refractivity contribution >= 4 is 29.9 Å². The molecule has 18 heavy (non-hydrogen) atoms. The number of aryl methyl sites for hydroxylation is 1. The highest BCUT2D eigenvalue weighted by molar-refractivity contribution is 14.0. The minimum atomic E-state index is 0. The van der Waals surface area contributed by atoms with Crippen LogP contribution < -0.4 is 10.6 Å². The molecule has 102 valence electrons. The van der Waals surface area contributed by atoms with Gasteiger partial charge in [-0.3, -0.25) is 4.99 Å². The highest BCUT2D eigenvalue weighted by Crippen LogP contribution is 1.94. The molecule has 0 spiro atoms. The molecule has 5 nitrogen and oxygen atoms in total. The minimum Gasteiger partial charge on any atom is -0.354 e. The molecule has 0 aliphatic rings. The topological polar surface area (TPSA) is 62.2 Å². The Morgan fingerprint density at radius 2 is 2.22 bits per heavy atom. The molecule has 6 heteroatoms. The summed E-state index contributed by atoms with van der Waals surface area (Å²) in [5.41, 5.74) is 0.963. The van der Waals surface area contributed by atoms with Crippen LogP contribution in [0.5, 0.6) is 0 Å². The van der Waals surface area contributed by atoms with E-state index in [0.29, 0.717) is 12.6 Å². The molecule has 1 heterocycles. The summed E-state index contributed by atoms with van der Waals surface area (Å²) in [6, 6.07) is 2.31. The van der Waals surface area contributed by atoms with Crippen molar-refractivity contribution in [1.29, 1.82) is 0 Å². The van der Waals surface area contributed by atoms with Crippen LogP contribution in [0.2, 0.25) is 0 Å². The maximum absolute atomic E-state index is 4.32. The van der Waals surface area contributed by atoms with Gasteiger partial charge in [-0.15, -0.1) is 24.0 Å². The molecule has 0 saturated carbocycles. The zero-order valence-corrected chi connectivity index (χ0v) is 13.7. The van der Waals surface area contributed by atoms with Gasteiger partial charge in [0.05, 0.1) is 12.2 Å². The highest BCUT2D eigenvalue weighted by Gasteiger charge is 2.03. The van der Waals surface area contributed by atoms with Crippen LogP contribution in [0.25, 0.3) is 0 Å². The molecule has 1 unspecified atom stereocenters. The van der Waals surface area contributed by atoms with Crippen molar-refractivity contribution in [3.05, 3.63) is 23.8 Å². The van der Waals surface area contributed by atoms with Crippen molar-refractivity contribution in [3.8, 4) is 0 Å². The predicted molar refractivity (Wildman–Crippen MR) is 85.3 cm³/mol. The van der Waals surface area contributed by atoms with Crippen molar-refractivity contribution in [2.75, 3.05) is 7.05 Å². The Morgan fingerprint density at radius 1 is 1.50 bits per heavy atom. The Kier molecular flexibility index (Phi) is 8.61. The van der Waals surface area contributed by atoms with E-state index >= 15 is 0 Å². The average Bonchev–Trinajstić information content (AvgIpc) is 2.34. The van der Waals surface area contributed by atoms with Gasteiger partial charge in [0, 0.05) is 19.3 Å². The minimum absolute atomic E-state index is 0. The van der Waals surface area contributed by atoms with E-state index in [2.05, 4.69) is 39.4 Å². The van der Waals surface area contributed by atoms with E-state index in [1.165, 1.54) is 0 Å². The monoisotopic (exact) mass is 363 g/mol. The van der Waals surface area contributed by atoms with Crippen molar-refractivity contribution in [2.24, 2.45) is 4.99 Å². The molecule has 0 aliphatic carbocycles. The summed E-state index contributed by atoms with van der Waals surface area (Å²) in [5.74, 6) is 1.59. The van der Waals surface area contributed by atoms with Crippen LogP contribution in [0.15, 0.2) is 17.3 Å². The van der Waals surface area contributed by atoms with E-state index in [1.54, 1.807) is 13.2 Å². The lowest BCUT2D eigenvalue weighted by molar-refractivity contribution is 0.623. The Hall–Kier alpha value is -0.920. The summed E-state index contributed by atoms with van der Waals surface area (Å²) in [4.78, 5) is 12.6. The Morgan fingerprint density at radius 3 is 2.78 bits per heavy atom. The van der Waals surface area contributed by atoms with Gasteiger partial charge in [0.15, 0.2) is 5.96 Å². The van der Waals surface area contributed by atoms with Crippen LogP contribution in [-0.4, -0.2) is 29.0 Å². The quantitative estimate of drug-likeness (QED) is 0.487. The smallest absolute Gasteiger partial charge is 0.191 e. The first-order valence-corrected chi connectivity index (χ1v) is 5.91. The molecular weight excluding hydrogens is 341 g/mol. The summed E-state index contributed by atoms with van der Waals surface area (Å²) in [7, 11) is 1.77. The van der Waals surface area contributed by atoms with Crippen molar-refractivity contribution in [1.82, 2.24) is 20.6 Å². The number of hydrogen-bond donors (Lipinski definition) is 2. The predicted octanol–water partition coefficient (Wildman–Crippen LogP) is 1.87. The van der Waals surface area contributed by atoms with Crippen LogP contribution in [-0.2, 0) is 6.54 Å². The first-order chi connectivity index (χ1) is 8.15. The van der Waals surface area contributed by atoms with Crippen LogP contribution in [0.1, 0.15) is 31.8 Å². The lowest BCUT2D eigenvalue weighted by atomic mass is 10.3. The zero-order valence-electron chi connectivity index (χ0n) is 11.4. The molecule has 0 saturated heterocycles. The largest absolute Gasteiger partial charge is 0.354 e. The molecule has 1 aromatic rings. The van der Waals surface area contributed by atoms with Crippen LogP contribution >= 0.6 is 24.0 Å². The fourth-order valence-corrected chi connectivity index (χ4v) is 1.31. The second-order valence-corrected chi connectivity index (χ2v) is 3.97. The molecule has 0 fully saturated rings. The molecule has 0 aromatic carbocycles. The van der Waals surface area contributed by atoms with Crippen molar-refractivity contribution in [3.63, 3.8) is 0 Å². The maximum atomic E-state index is 4.32. The number of aliphatic imine (C=N–C) groups is 1. The fourth-order valence-electron chi connectivity index (χ4n) is 1.31. The van der Waals surface area contributed by atoms with E-state index < -0.39 is 0 Å². The lowest BCUT2D eigenvalue weighted by Crippen LogP contribution is -2.41. The number of rotatable bonds is 4. The van der Waals surface area contributed by atoms with E-state index in [9.17, 15) is 0 Å². The number of halogens is 1. The number of nitrogens with one attached hydrogen (secondary N) is 2. The second-order valence-electron chi connectivity index (χ2n) is 3.97. The number of nitrogens with zero attached hydrogens (tertiary/aromatic N) is 3. The number of guanidine groups is 1. The first-order valence-electron chi connectivity index (χ1n) is 5.91. The third-order valence-electron chi connectivity index (χ3n) is 2.49. The van der Waals surface area contributed by atoms with Crippen LogP contribution in [0, 0.1) is 6.92 Å². The standard InChI is InChI=1S/C12H21N5.HI/c1-5-9(2)16-12(13-4)15-8-11-6-7-14-10(3)17-11;/h6-7,9H,5,8H2,1-4H3,(H2,13,15,16);1H. The number of hydrogen-bond acceptors (Lipinski definition) is 3. The first kappa shape index (κ1) is 17.1. The van der Waals surface area contributed by atoms with Crippen molar-refractivity contribution < 1.29 is 0 Å². The summed E-state index contributed by atoms with van der Waals surface area (Å²) < 4.78 is 0. The van der Waals surface area contributed by atoms with Gasteiger partial charge in [-0.05, 0) is 26.3 Å². The normalized spacial score (nSPS) is 12.6. The van der Waals surface area contributed by atoms with Gasteiger partial charge >= 0.3 is 0 Å². The Bertz CT molecular complexity index is 380. The van der Waals surface area contributed by atoms with E-state index in [1.807, 2.05) is 13.0 Å². The SMILES string of the molecule is CCC(C)NC(=NC)NCc1ccnc(C)n1.I. The van der Waals surface area contributed by atoms with E-state index in [4.69, 9.17) is 0 Å². The van der Waals surface area contributed by atoms with Gasteiger partial charge in [0.25, 0.3) is 0 Å². The highest BCUT2D eigenvalue weighted by atomic mass is 127. The van der Waals surface area contributed by atoms with Gasteiger partial charge in [-0.1, -0.05) is 6.92 Å². The maximum Gasteiger partial charge on any atom is 0.191 e. The molecule has 0 amide bonds. The van der Waals surface area contributed by atoms with Crippen LogP contribution in [0.4, 0.5) is 0 Å². The molecular formula is C12H22IN5. The second kappa shape index (κ2) is 9.07. The molecule has 1 atom stereocenters. The summed E-state index contributed by atoms with van der Waals surface area (Å²) in [6.45, 7) is 6.80. The molecule has 2 N–H and O–H groups in total. The zero-order chi connectivity index (χ0) is 12.7. The number of aromatic nitrogens is 2. The average molecular weight is 363 g/mol. The van der Waals surface area contributed by atoms with Gasteiger partial charge in [0.1, 0.15) is 5.82 Å². The van der Waals surface area contributed by atoms with Gasteiger partial charge < -0.3 is 10.6 Å². The molecule has 0 radical (unpaired) electrons. The summed E-state index contributed by atoms with van der Waals surface area (Å²) in [6.07, 6.45) is 2.83. The molecule has 1 rings (SSSR count). The summed E-state index contributed by atoms with van der Waals surface area (Å²) >= 11 is 0. The Balaban J connectivity index is 0.00000289. The van der Waals surface area contributed by atoms with Crippen LogP contribution in [0.3, 0.4) is 0 Å².